The molecule has 0 atom stereocenters. The Morgan fingerprint density at radius 3 is 1.57 bits per heavy atom. The maximum atomic E-state index is 6.50. The number of hydrogen-bond acceptors (Lipinski definition) is 4. The van der Waals surface area contributed by atoms with Crippen LogP contribution in [0.5, 0.6) is 0 Å². The first-order chi connectivity index (χ1) is 24.3. The minimum absolute atomic E-state index is 0.624. The van der Waals surface area contributed by atoms with E-state index in [1.807, 2.05) is 48.5 Å². The van der Waals surface area contributed by atoms with Crippen molar-refractivity contribution < 1.29 is 4.42 Å². The number of aromatic nitrogens is 3. The smallest absolute Gasteiger partial charge is 0.164 e. The van der Waals surface area contributed by atoms with Gasteiger partial charge in [0, 0.05) is 32.8 Å². The summed E-state index contributed by atoms with van der Waals surface area (Å²) in [6.07, 6.45) is 0. The van der Waals surface area contributed by atoms with Gasteiger partial charge in [0.25, 0.3) is 0 Å². The Morgan fingerprint density at radius 1 is 0.327 bits per heavy atom. The van der Waals surface area contributed by atoms with Gasteiger partial charge in [-0.1, -0.05) is 140 Å². The van der Waals surface area contributed by atoms with E-state index in [1.165, 1.54) is 21.9 Å². The van der Waals surface area contributed by atoms with E-state index in [2.05, 4.69) is 115 Å². The van der Waals surface area contributed by atoms with Gasteiger partial charge in [-0.3, -0.25) is 0 Å². The lowest BCUT2D eigenvalue weighted by Crippen LogP contribution is -2.00. The zero-order valence-corrected chi connectivity index (χ0v) is 26.3. The number of para-hydroxylation sites is 1. The second-order valence-electron chi connectivity index (χ2n) is 12.4. The highest BCUT2D eigenvalue weighted by molar-refractivity contribution is 6.30. The number of hydrogen-bond donors (Lipinski definition) is 0. The Morgan fingerprint density at radius 2 is 0.837 bits per heavy atom. The van der Waals surface area contributed by atoms with Crippen molar-refractivity contribution >= 4 is 54.3 Å². The molecule has 0 radical (unpaired) electrons. The molecule has 0 N–H and O–H groups in total. The lowest BCUT2D eigenvalue weighted by Gasteiger charge is -2.11. The average Bonchev–Trinajstić information content (AvgIpc) is 3.58. The van der Waals surface area contributed by atoms with E-state index in [9.17, 15) is 0 Å². The van der Waals surface area contributed by atoms with Crippen LogP contribution in [0.4, 0.5) is 0 Å². The molecule has 0 spiro atoms. The molecule has 0 amide bonds. The molecule has 0 aliphatic heterocycles. The first-order valence-corrected chi connectivity index (χ1v) is 16.4. The van der Waals surface area contributed by atoms with E-state index < -0.39 is 0 Å². The van der Waals surface area contributed by atoms with Crippen molar-refractivity contribution in [1.29, 1.82) is 0 Å². The van der Waals surface area contributed by atoms with E-state index in [4.69, 9.17) is 19.4 Å². The van der Waals surface area contributed by atoms with Crippen molar-refractivity contribution in [3.05, 3.63) is 164 Å². The maximum Gasteiger partial charge on any atom is 0.164 e. The predicted octanol–water partition coefficient (Wildman–Crippen LogP) is 11.9. The van der Waals surface area contributed by atoms with Gasteiger partial charge < -0.3 is 4.42 Å². The standard InChI is InChI=1S/C45H27N3O/c1-3-11-28(12-4-1)30-19-20-32-26-33(22-21-31(32)25-30)44-46-43(29-13-5-2-6-14-29)47-45(48-44)34-23-24-36-35-15-7-8-16-37(35)42-41(39(36)27-34)38-17-9-10-18-40(38)49-42/h1-27H. The number of fused-ring (bicyclic) bond motifs is 9. The molecule has 228 valence electrons. The van der Waals surface area contributed by atoms with Crippen LogP contribution in [-0.4, -0.2) is 15.0 Å². The zero-order valence-electron chi connectivity index (χ0n) is 26.3. The molecule has 10 rings (SSSR count). The van der Waals surface area contributed by atoms with E-state index in [-0.39, 0.29) is 0 Å². The molecule has 4 heteroatoms. The van der Waals surface area contributed by atoms with Gasteiger partial charge in [0.1, 0.15) is 11.2 Å². The summed E-state index contributed by atoms with van der Waals surface area (Å²) in [7, 11) is 0. The summed E-state index contributed by atoms with van der Waals surface area (Å²) in [5.74, 6) is 1.90. The fourth-order valence-corrected chi connectivity index (χ4v) is 7.09. The number of furan rings is 1. The average molecular weight is 626 g/mol. The third kappa shape index (κ3) is 4.57. The summed E-state index contributed by atoms with van der Waals surface area (Å²) in [5, 5.41) is 9.04. The van der Waals surface area contributed by atoms with Crippen LogP contribution in [0.1, 0.15) is 0 Å². The van der Waals surface area contributed by atoms with E-state index in [0.717, 1.165) is 60.2 Å². The molecule has 0 saturated heterocycles. The topological polar surface area (TPSA) is 51.8 Å². The molecule has 0 bridgehead atoms. The van der Waals surface area contributed by atoms with Crippen LogP contribution in [0, 0.1) is 0 Å². The van der Waals surface area contributed by atoms with Crippen LogP contribution in [0.15, 0.2) is 168 Å². The highest BCUT2D eigenvalue weighted by Crippen LogP contribution is 2.42. The molecular formula is C45H27N3O. The molecular weight excluding hydrogens is 599 g/mol. The number of nitrogens with zero attached hydrogens (tertiary/aromatic N) is 3. The molecule has 0 saturated carbocycles. The van der Waals surface area contributed by atoms with Crippen LogP contribution in [0.2, 0.25) is 0 Å². The van der Waals surface area contributed by atoms with Crippen LogP contribution >= 0.6 is 0 Å². The molecule has 0 unspecified atom stereocenters. The Labute approximate surface area is 282 Å². The Kier molecular flexibility index (Phi) is 6.15. The van der Waals surface area contributed by atoms with Gasteiger partial charge >= 0.3 is 0 Å². The van der Waals surface area contributed by atoms with Crippen molar-refractivity contribution in [2.75, 3.05) is 0 Å². The molecule has 49 heavy (non-hydrogen) atoms. The minimum atomic E-state index is 0.624. The van der Waals surface area contributed by atoms with Gasteiger partial charge in [-0.15, -0.1) is 0 Å². The lowest BCUT2D eigenvalue weighted by molar-refractivity contribution is 0.673. The fraction of sp³-hybridized carbons (Fsp3) is 0. The summed E-state index contributed by atoms with van der Waals surface area (Å²) in [6, 6.07) is 56.9. The summed E-state index contributed by atoms with van der Waals surface area (Å²) in [5.41, 5.74) is 6.97. The third-order valence-corrected chi connectivity index (χ3v) is 9.48. The quantitative estimate of drug-likeness (QED) is 0.183. The first-order valence-electron chi connectivity index (χ1n) is 16.4. The highest BCUT2D eigenvalue weighted by Gasteiger charge is 2.18. The zero-order chi connectivity index (χ0) is 32.3. The SMILES string of the molecule is c1ccc(-c2ccc3cc(-c4nc(-c5ccccc5)nc(-c5ccc6c7ccccc7c7oc8ccccc8c7c6c5)n4)ccc3c2)cc1. The van der Waals surface area contributed by atoms with Gasteiger partial charge in [0.2, 0.25) is 0 Å². The monoisotopic (exact) mass is 625 g/mol. The summed E-state index contributed by atoms with van der Waals surface area (Å²) in [4.78, 5) is 15.2. The van der Waals surface area contributed by atoms with E-state index in [1.54, 1.807) is 0 Å². The molecule has 8 aromatic carbocycles. The molecule has 10 aromatic rings. The van der Waals surface area contributed by atoms with Crippen LogP contribution < -0.4 is 0 Å². The van der Waals surface area contributed by atoms with Gasteiger partial charge in [-0.25, -0.2) is 15.0 Å². The summed E-state index contributed by atoms with van der Waals surface area (Å²) < 4.78 is 6.50. The fourth-order valence-electron chi connectivity index (χ4n) is 7.09. The second-order valence-corrected chi connectivity index (χ2v) is 12.4. The molecule has 0 aliphatic rings. The van der Waals surface area contributed by atoms with Gasteiger partial charge in [0.05, 0.1) is 0 Å². The Balaban J connectivity index is 1.18. The molecule has 2 heterocycles. The van der Waals surface area contributed by atoms with E-state index >= 15 is 0 Å². The molecule has 2 aromatic heterocycles. The largest absolute Gasteiger partial charge is 0.455 e. The number of benzene rings is 8. The summed E-state index contributed by atoms with van der Waals surface area (Å²) in [6.45, 7) is 0. The van der Waals surface area contributed by atoms with Gasteiger partial charge in [-0.05, 0) is 62.3 Å². The molecule has 4 nitrogen and oxygen atoms in total. The second kappa shape index (κ2) is 11.0. The normalized spacial score (nSPS) is 11.7. The van der Waals surface area contributed by atoms with Crippen LogP contribution in [0.25, 0.3) is 99.5 Å². The number of rotatable bonds is 4. The van der Waals surface area contributed by atoms with Crippen LogP contribution in [0.3, 0.4) is 0 Å². The van der Waals surface area contributed by atoms with E-state index in [0.29, 0.717) is 17.5 Å². The predicted molar refractivity (Wildman–Crippen MR) is 201 cm³/mol. The lowest BCUT2D eigenvalue weighted by atomic mass is 9.95. The van der Waals surface area contributed by atoms with Crippen molar-refractivity contribution in [3.8, 4) is 45.3 Å². The van der Waals surface area contributed by atoms with Crippen LogP contribution in [-0.2, 0) is 0 Å². The summed E-state index contributed by atoms with van der Waals surface area (Å²) >= 11 is 0. The van der Waals surface area contributed by atoms with Gasteiger partial charge in [0.15, 0.2) is 17.5 Å². The van der Waals surface area contributed by atoms with Crippen molar-refractivity contribution in [1.82, 2.24) is 15.0 Å². The third-order valence-electron chi connectivity index (χ3n) is 9.48. The molecule has 0 fully saturated rings. The highest BCUT2D eigenvalue weighted by atomic mass is 16.3. The Bertz CT molecular complexity index is 2880. The first kappa shape index (κ1) is 27.5. The Hall–Kier alpha value is -6.65. The van der Waals surface area contributed by atoms with Gasteiger partial charge in [-0.2, -0.15) is 0 Å². The van der Waals surface area contributed by atoms with Crippen molar-refractivity contribution in [3.63, 3.8) is 0 Å². The minimum Gasteiger partial charge on any atom is -0.455 e. The maximum absolute atomic E-state index is 6.50. The van der Waals surface area contributed by atoms with Crippen molar-refractivity contribution in [2.24, 2.45) is 0 Å². The molecule has 0 aliphatic carbocycles. The van der Waals surface area contributed by atoms with Crippen molar-refractivity contribution in [2.45, 2.75) is 0 Å².